The summed E-state index contributed by atoms with van der Waals surface area (Å²) in [6, 6.07) is 24.6. The van der Waals surface area contributed by atoms with E-state index in [1.807, 2.05) is 0 Å². The first-order valence-corrected chi connectivity index (χ1v) is 39.1. The van der Waals surface area contributed by atoms with E-state index in [0.29, 0.717) is 35.5 Å². The van der Waals surface area contributed by atoms with Crippen molar-refractivity contribution in [3.8, 4) is 22.3 Å². The molecular weight excluding hydrogens is 839 g/mol. The predicted octanol–water partition coefficient (Wildman–Crippen LogP) is 17.5. The first-order valence-electron chi connectivity index (χ1n) is 22.8. The van der Waals surface area contributed by atoms with Crippen molar-refractivity contribution in [3.05, 3.63) is 127 Å². The number of hydrogen-bond acceptors (Lipinski definition) is 0. The molecule has 58 heavy (non-hydrogen) atoms. The van der Waals surface area contributed by atoms with E-state index in [-0.39, 0.29) is 7.25 Å². The van der Waals surface area contributed by atoms with Crippen LogP contribution >= 0.6 is 17.0 Å². The molecule has 0 fully saturated rings. The van der Waals surface area contributed by atoms with Crippen LogP contribution in [0.5, 0.6) is 0 Å². The summed E-state index contributed by atoms with van der Waals surface area (Å²) in [4.78, 5) is 0. The Labute approximate surface area is 363 Å². The molecular formula is C54H73Cl2SiZr. The third kappa shape index (κ3) is 7.75. The Bertz CT molecular complexity index is 2060. The number of rotatable bonds is 13. The maximum absolute atomic E-state index is 9.04. The van der Waals surface area contributed by atoms with Gasteiger partial charge in [0.25, 0.3) is 0 Å². The molecule has 0 aromatic heterocycles. The summed E-state index contributed by atoms with van der Waals surface area (Å²) in [5.74, 6) is 0.692. The molecule has 0 N–H and O–H groups in total. The Morgan fingerprint density at radius 3 is 1.03 bits per heavy atom. The van der Waals surface area contributed by atoms with E-state index < -0.39 is 21.5 Å². The maximum atomic E-state index is 9.04. The van der Waals surface area contributed by atoms with Crippen LogP contribution in [0.4, 0.5) is 0 Å². The van der Waals surface area contributed by atoms with E-state index in [0.717, 1.165) is 12.8 Å². The van der Waals surface area contributed by atoms with Crippen LogP contribution in [0.25, 0.3) is 34.4 Å². The molecule has 311 valence electrons. The van der Waals surface area contributed by atoms with Crippen molar-refractivity contribution in [2.75, 3.05) is 0 Å². The minimum absolute atomic E-state index is 0.0539. The quantitative estimate of drug-likeness (QED) is 0.117. The Hall–Kier alpha value is -1.96. The minimum atomic E-state index is -5.06. The van der Waals surface area contributed by atoms with E-state index >= 15 is 0 Å². The molecule has 0 heterocycles. The molecule has 4 aromatic rings. The normalized spacial score (nSPS) is 17.6. The van der Waals surface area contributed by atoms with Crippen LogP contribution in [0.1, 0.15) is 183 Å². The topological polar surface area (TPSA) is 0 Å². The van der Waals surface area contributed by atoms with Gasteiger partial charge in [0.1, 0.15) is 0 Å². The van der Waals surface area contributed by atoms with E-state index in [9.17, 15) is 0 Å². The summed E-state index contributed by atoms with van der Waals surface area (Å²) >= 11 is -5.06. The summed E-state index contributed by atoms with van der Waals surface area (Å²) in [5.41, 5.74) is 22.4. The predicted molar refractivity (Wildman–Crippen MR) is 261 cm³/mol. The van der Waals surface area contributed by atoms with Gasteiger partial charge >= 0.3 is 366 Å². The molecule has 2 atom stereocenters. The Morgan fingerprint density at radius 2 is 0.793 bits per heavy atom. The van der Waals surface area contributed by atoms with Crippen LogP contribution in [0.15, 0.2) is 71.8 Å². The average molecular weight is 912 g/mol. The van der Waals surface area contributed by atoms with Crippen molar-refractivity contribution in [1.82, 2.24) is 0 Å². The summed E-state index contributed by atoms with van der Waals surface area (Å²) < 4.78 is 0.108. The van der Waals surface area contributed by atoms with Crippen LogP contribution in [0.3, 0.4) is 0 Å². The standard InChI is InChI=1S/2C26H33.C2H7Si.2ClH.Zr/c2*1-8-19-9-10-20-11-23(18(6)7)15-25(20)26(19)24-13-21(16(2)3)12-22(14-24)17(4)5;1-3-2;;;/h2*9-18H,8H2,1-7H3;3H,1-2H3;2*1H;/q;;;;;+2/p-2. The van der Waals surface area contributed by atoms with Crippen molar-refractivity contribution in [2.45, 2.75) is 154 Å². The number of aryl methyl sites for hydroxylation is 2. The van der Waals surface area contributed by atoms with E-state index in [1.54, 1.807) is 0 Å². The van der Waals surface area contributed by atoms with Gasteiger partial charge < -0.3 is 0 Å². The first kappa shape index (κ1) is 45.6. The SMILES string of the molecule is CCc1ccc2c(c1-c1cc(C(C)C)cc(C(C)C)c1)C=C(C(C)C)[CH]2[Zr]([Cl])([Cl])([CH]1C(C(C)C)=Cc2c1ccc(CC)c2-c1cc(C(C)C)cc(C(C)C)c1)[SiH](C)C. The van der Waals surface area contributed by atoms with E-state index in [1.165, 1.54) is 89.0 Å². The Balaban J connectivity index is 1.68. The number of benzene rings is 4. The van der Waals surface area contributed by atoms with Gasteiger partial charge in [-0.15, -0.1) is 0 Å². The van der Waals surface area contributed by atoms with Gasteiger partial charge in [0.15, 0.2) is 0 Å². The molecule has 0 saturated carbocycles. The van der Waals surface area contributed by atoms with Crippen LogP contribution in [-0.2, 0) is 28.4 Å². The Kier molecular flexibility index (Phi) is 13.4. The Morgan fingerprint density at radius 1 is 0.483 bits per heavy atom. The van der Waals surface area contributed by atoms with Gasteiger partial charge in [0.2, 0.25) is 0 Å². The van der Waals surface area contributed by atoms with Gasteiger partial charge in [0, 0.05) is 0 Å². The molecule has 6 rings (SSSR count). The van der Waals surface area contributed by atoms with E-state index in [2.05, 4.69) is 183 Å². The number of allylic oxidation sites excluding steroid dienone is 2. The molecule has 4 heteroatoms. The zero-order valence-corrected chi connectivity index (χ0v) is 43.9. The van der Waals surface area contributed by atoms with Crippen LogP contribution in [0.2, 0.25) is 13.1 Å². The van der Waals surface area contributed by atoms with Gasteiger partial charge in [-0.3, -0.25) is 0 Å². The molecule has 0 amide bonds. The summed E-state index contributed by atoms with van der Waals surface area (Å²) in [5, 5.41) is 0. The summed E-state index contributed by atoms with van der Waals surface area (Å²) in [7, 11) is 18.1. The van der Waals surface area contributed by atoms with Crippen molar-refractivity contribution < 1.29 is 15.6 Å². The molecule has 0 aliphatic heterocycles. The number of halogens is 2. The van der Waals surface area contributed by atoms with Gasteiger partial charge in [0.05, 0.1) is 0 Å². The van der Waals surface area contributed by atoms with E-state index in [4.69, 9.17) is 17.0 Å². The van der Waals surface area contributed by atoms with Crippen LogP contribution in [0, 0.1) is 11.8 Å². The van der Waals surface area contributed by atoms with Crippen molar-refractivity contribution in [3.63, 3.8) is 0 Å². The summed E-state index contributed by atoms with van der Waals surface area (Å²) in [6.07, 6.45) is 7.12. The second kappa shape index (κ2) is 17.1. The molecule has 2 aliphatic rings. The van der Waals surface area contributed by atoms with Crippen molar-refractivity contribution >= 4 is 35.1 Å². The van der Waals surface area contributed by atoms with Gasteiger partial charge in [-0.1, -0.05) is 0 Å². The van der Waals surface area contributed by atoms with Gasteiger partial charge in [-0.2, -0.15) is 0 Å². The number of hydrogen-bond donors (Lipinski definition) is 0. The molecule has 4 aromatic carbocycles. The van der Waals surface area contributed by atoms with Crippen molar-refractivity contribution in [2.24, 2.45) is 11.8 Å². The summed E-state index contributed by atoms with van der Waals surface area (Å²) in [6.45, 7) is 37.8. The molecule has 0 spiro atoms. The zero-order valence-electron chi connectivity index (χ0n) is 38.8. The fraction of sp³-hybridized carbons (Fsp3) is 0.481. The second-order valence-corrected chi connectivity index (χ2v) is 62.7. The molecule has 0 nitrogen and oxygen atoms in total. The zero-order chi connectivity index (χ0) is 42.8. The number of fused-ring (bicyclic) bond motifs is 2. The third-order valence-corrected chi connectivity index (χ3v) is 65.8. The van der Waals surface area contributed by atoms with Gasteiger partial charge in [-0.05, 0) is 0 Å². The van der Waals surface area contributed by atoms with Crippen LogP contribution in [-0.4, -0.2) is 5.92 Å². The van der Waals surface area contributed by atoms with Crippen LogP contribution < -0.4 is 0 Å². The molecule has 0 saturated heterocycles. The van der Waals surface area contributed by atoms with Crippen molar-refractivity contribution in [1.29, 1.82) is 0 Å². The third-order valence-electron chi connectivity index (χ3n) is 14.1. The fourth-order valence-electron chi connectivity index (χ4n) is 10.3. The second-order valence-electron chi connectivity index (χ2n) is 20.2. The molecule has 0 radical (unpaired) electrons. The molecule has 2 unspecified atom stereocenters. The fourth-order valence-corrected chi connectivity index (χ4v) is 41.8. The molecule has 0 bridgehead atoms. The molecule has 2 aliphatic carbocycles. The monoisotopic (exact) mass is 909 g/mol. The first-order chi connectivity index (χ1) is 27.1. The van der Waals surface area contributed by atoms with Gasteiger partial charge in [-0.25, -0.2) is 0 Å². The average Bonchev–Trinajstić information content (AvgIpc) is 3.78.